The molecule has 66 valence electrons. The van der Waals surface area contributed by atoms with E-state index in [0.29, 0.717) is 6.54 Å². The third-order valence-corrected chi connectivity index (χ3v) is 1.47. The molecule has 0 aromatic heterocycles. The first-order valence-electron chi connectivity index (χ1n) is 4.01. The van der Waals surface area contributed by atoms with Gasteiger partial charge in [0.1, 0.15) is 0 Å². The third kappa shape index (κ3) is 4.61. The molecule has 0 fully saturated rings. The van der Waals surface area contributed by atoms with Gasteiger partial charge in [0.05, 0.1) is 0 Å². The first-order valence-corrected chi connectivity index (χ1v) is 4.01. The summed E-state index contributed by atoms with van der Waals surface area (Å²) in [6.07, 6.45) is 1.92. The van der Waals surface area contributed by atoms with Crippen molar-refractivity contribution in [3.63, 3.8) is 0 Å². The lowest BCUT2D eigenvalue weighted by Gasteiger charge is -2.21. The summed E-state index contributed by atoms with van der Waals surface area (Å²) in [6, 6.07) is 0. The standard InChI is InChI=1S/C7H18N4/c1-2-5-11(7(9)10)6-3-4-8/h2-6,8H2,1H3,(H3,9,10). The summed E-state index contributed by atoms with van der Waals surface area (Å²) in [5, 5.41) is 7.20. The number of hydrogen-bond donors (Lipinski definition) is 3. The molecule has 0 unspecified atom stereocenters. The molecular weight excluding hydrogens is 140 g/mol. The van der Waals surface area contributed by atoms with Gasteiger partial charge in [-0.2, -0.15) is 0 Å². The molecule has 0 bridgehead atoms. The second-order valence-electron chi connectivity index (χ2n) is 2.51. The van der Waals surface area contributed by atoms with E-state index in [2.05, 4.69) is 6.92 Å². The van der Waals surface area contributed by atoms with Crippen molar-refractivity contribution in [3.05, 3.63) is 0 Å². The molecular formula is C7H18N4. The second kappa shape index (κ2) is 5.97. The molecule has 0 atom stereocenters. The third-order valence-electron chi connectivity index (χ3n) is 1.47. The average Bonchev–Trinajstić information content (AvgIpc) is 1.97. The fraction of sp³-hybridized carbons (Fsp3) is 0.857. The highest BCUT2D eigenvalue weighted by Gasteiger charge is 2.02. The van der Waals surface area contributed by atoms with Gasteiger partial charge in [-0.3, -0.25) is 5.41 Å². The van der Waals surface area contributed by atoms with Gasteiger partial charge in [-0.25, -0.2) is 0 Å². The normalized spacial score (nSPS) is 9.64. The number of hydrogen-bond acceptors (Lipinski definition) is 2. The largest absolute Gasteiger partial charge is 0.370 e. The molecule has 0 aromatic rings. The first-order chi connectivity index (χ1) is 5.22. The number of nitrogens with zero attached hydrogens (tertiary/aromatic N) is 1. The molecule has 0 amide bonds. The smallest absolute Gasteiger partial charge is 0.188 e. The van der Waals surface area contributed by atoms with Crippen LogP contribution < -0.4 is 11.5 Å². The highest BCUT2D eigenvalue weighted by Crippen LogP contribution is 1.91. The lowest BCUT2D eigenvalue weighted by molar-refractivity contribution is 0.405. The van der Waals surface area contributed by atoms with E-state index in [-0.39, 0.29) is 5.96 Å². The molecule has 0 aliphatic rings. The zero-order valence-electron chi connectivity index (χ0n) is 7.14. The maximum Gasteiger partial charge on any atom is 0.188 e. The topological polar surface area (TPSA) is 79.1 Å². The Bertz CT molecular complexity index is 113. The Hall–Kier alpha value is -0.770. The van der Waals surface area contributed by atoms with Crippen LogP contribution in [0.3, 0.4) is 0 Å². The fourth-order valence-corrected chi connectivity index (χ4v) is 0.905. The molecule has 0 aliphatic carbocycles. The van der Waals surface area contributed by atoms with Gasteiger partial charge in [0.15, 0.2) is 5.96 Å². The van der Waals surface area contributed by atoms with Gasteiger partial charge in [-0.15, -0.1) is 0 Å². The predicted molar refractivity (Wildman–Crippen MR) is 47.4 cm³/mol. The summed E-state index contributed by atoms with van der Waals surface area (Å²) in [5.41, 5.74) is 10.7. The van der Waals surface area contributed by atoms with Crippen LogP contribution in [0.4, 0.5) is 0 Å². The van der Waals surface area contributed by atoms with Crippen molar-refractivity contribution in [2.45, 2.75) is 19.8 Å². The van der Waals surface area contributed by atoms with E-state index in [1.165, 1.54) is 0 Å². The zero-order valence-corrected chi connectivity index (χ0v) is 7.14. The van der Waals surface area contributed by atoms with E-state index in [1.807, 2.05) is 4.90 Å². The minimum Gasteiger partial charge on any atom is -0.370 e. The molecule has 4 nitrogen and oxygen atoms in total. The molecule has 0 saturated carbocycles. The Kier molecular flexibility index (Phi) is 5.56. The lowest BCUT2D eigenvalue weighted by atomic mass is 10.3. The van der Waals surface area contributed by atoms with E-state index in [0.717, 1.165) is 25.9 Å². The van der Waals surface area contributed by atoms with Gasteiger partial charge >= 0.3 is 0 Å². The van der Waals surface area contributed by atoms with Crippen molar-refractivity contribution >= 4 is 5.96 Å². The predicted octanol–water partition coefficient (Wildman–Crippen LogP) is -0.0593. The number of nitrogens with two attached hydrogens (primary N) is 2. The Labute approximate surface area is 68.1 Å². The average molecular weight is 158 g/mol. The van der Waals surface area contributed by atoms with E-state index < -0.39 is 0 Å². The van der Waals surface area contributed by atoms with E-state index in [9.17, 15) is 0 Å². The molecule has 0 rings (SSSR count). The van der Waals surface area contributed by atoms with Crippen molar-refractivity contribution in [3.8, 4) is 0 Å². The van der Waals surface area contributed by atoms with Crippen LogP contribution >= 0.6 is 0 Å². The van der Waals surface area contributed by atoms with Crippen molar-refractivity contribution in [1.82, 2.24) is 4.90 Å². The van der Waals surface area contributed by atoms with Crippen molar-refractivity contribution in [2.24, 2.45) is 11.5 Å². The molecule has 4 heteroatoms. The maximum absolute atomic E-state index is 7.20. The molecule has 0 aromatic carbocycles. The molecule has 0 aliphatic heterocycles. The molecule has 0 heterocycles. The summed E-state index contributed by atoms with van der Waals surface area (Å²) < 4.78 is 0. The number of guanidine groups is 1. The minimum absolute atomic E-state index is 0.153. The Morgan fingerprint density at radius 3 is 2.45 bits per heavy atom. The second-order valence-corrected chi connectivity index (χ2v) is 2.51. The van der Waals surface area contributed by atoms with Gasteiger partial charge in [-0.1, -0.05) is 6.92 Å². The van der Waals surface area contributed by atoms with Crippen LogP contribution in [0.15, 0.2) is 0 Å². The van der Waals surface area contributed by atoms with Crippen LogP contribution in [0.5, 0.6) is 0 Å². The summed E-state index contributed by atoms with van der Waals surface area (Å²) in [5.74, 6) is 0.153. The fourth-order valence-electron chi connectivity index (χ4n) is 0.905. The minimum atomic E-state index is 0.153. The Morgan fingerprint density at radius 2 is 2.09 bits per heavy atom. The summed E-state index contributed by atoms with van der Waals surface area (Å²) in [7, 11) is 0. The first kappa shape index (κ1) is 10.2. The van der Waals surface area contributed by atoms with Crippen LogP contribution in [0.1, 0.15) is 19.8 Å². The van der Waals surface area contributed by atoms with Crippen molar-refractivity contribution < 1.29 is 0 Å². The SMILES string of the molecule is CCCN(CCCN)C(=N)N. The molecule has 0 spiro atoms. The van der Waals surface area contributed by atoms with Gasteiger partial charge in [0, 0.05) is 13.1 Å². The maximum atomic E-state index is 7.20. The van der Waals surface area contributed by atoms with Crippen LogP contribution in [0.2, 0.25) is 0 Å². The quantitative estimate of drug-likeness (QED) is 0.387. The summed E-state index contributed by atoms with van der Waals surface area (Å²) >= 11 is 0. The molecule has 0 saturated heterocycles. The van der Waals surface area contributed by atoms with Gasteiger partial charge < -0.3 is 16.4 Å². The lowest BCUT2D eigenvalue weighted by Crippen LogP contribution is -2.38. The molecule has 5 N–H and O–H groups in total. The van der Waals surface area contributed by atoms with Gasteiger partial charge in [0.25, 0.3) is 0 Å². The monoisotopic (exact) mass is 158 g/mol. The van der Waals surface area contributed by atoms with E-state index in [1.54, 1.807) is 0 Å². The zero-order chi connectivity index (χ0) is 8.69. The van der Waals surface area contributed by atoms with Gasteiger partial charge in [-0.05, 0) is 19.4 Å². The van der Waals surface area contributed by atoms with Crippen LogP contribution in [0.25, 0.3) is 0 Å². The molecule has 0 radical (unpaired) electrons. The summed E-state index contributed by atoms with van der Waals surface area (Å²) in [4.78, 5) is 1.84. The van der Waals surface area contributed by atoms with Crippen molar-refractivity contribution in [2.75, 3.05) is 19.6 Å². The van der Waals surface area contributed by atoms with Crippen LogP contribution in [-0.4, -0.2) is 30.5 Å². The van der Waals surface area contributed by atoms with Gasteiger partial charge in [0.2, 0.25) is 0 Å². The van der Waals surface area contributed by atoms with E-state index >= 15 is 0 Å². The Balaban J connectivity index is 3.60. The Morgan fingerprint density at radius 1 is 1.45 bits per heavy atom. The van der Waals surface area contributed by atoms with Crippen LogP contribution in [-0.2, 0) is 0 Å². The highest BCUT2D eigenvalue weighted by molar-refractivity contribution is 5.74. The molecule has 11 heavy (non-hydrogen) atoms. The number of nitrogens with one attached hydrogen (secondary N) is 1. The van der Waals surface area contributed by atoms with Crippen molar-refractivity contribution in [1.29, 1.82) is 5.41 Å². The summed E-state index contributed by atoms with van der Waals surface area (Å²) in [6.45, 7) is 4.39. The van der Waals surface area contributed by atoms with E-state index in [4.69, 9.17) is 16.9 Å². The van der Waals surface area contributed by atoms with Crippen LogP contribution in [0, 0.1) is 5.41 Å². The highest BCUT2D eigenvalue weighted by atomic mass is 15.2. The number of rotatable bonds is 5.